The van der Waals surface area contributed by atoms with Gasteiger partial charge in [0.05, 0.1) is 5.69 Å². The van der Waals surface area contributed by atoms with Gasteiger partial charge >= 0.3 is 0 Å². The summed E-state index contributed by atoms with van der Waals surface area (Å²) in [5.74, 6) is 1.74. The van der Waals surface area contributed by atoms with Crippen LogP contribution in [0.4, 0.5) is 5.69 Å². The molecule has 5 heteroatoms. The van der Waals surface area contributed by atoms with E-state index in [4.69, 9.17) is 9.73 Å². The summed E-state index contributed by atoms with van der Waals surface area (Å²) in [5.41, 5.74) is 7.80. The van der Waals surface area contributed by atoms with Crippen molar-refractivity contribution in [2.45, 2.75) is 18.6 Å². The summed E-state index contributed by atoms with van der Waals surface area (Å²) in [4.78, 5) is 5.23. The van der Waals surface area contributed by atoms with Crippen LogP contribution in [0, 0.1) is 0 Å². The molecule has 0 saturated heterocycles. The molecule has 226 valence electrons. The second-order valence-corrected chi connectivity index (χ2v) is 12.1. The van der Waals surface area contributed by atoms with Gasteiger partial charge in [0, 0.05) is 16.5 Å². The molecule has 47 heavy (non-hydrogen) atoms. The molecule has 7 aromatic rings. The third-order valence-corrected chi connectivity index (χ3v) is 9.18. The Morgan fingerprint density at radius 3 is 1.89 bits per heavy atom. The number of fused-ring (bicyclic) bond motifs is 5. The number of nitrogens with zero attached hydrogens (tertiary/aromatic N) is 1. The third-order valence-electron chi connectivity index (χ3n) is 9.18. The molecule has 0 amide bonds. The van der Waals surface area contributed by atoms with Crippen LogP contribution in [-0.4, -0.2) is 5.84 Å². The highest BCUT2D eigenvalue weighted by molar-refractivity contribution is 6.15. The van der Waals surface area contributed by atoms with Crippen molar-refractivity contribution in [3.05, 3.63) is 180 Å². The predicted octanol–water partition coefficient (Wildman–Crippen LogP) is 9.50. The first-order valence-corrected chi connectivity index (χ1v) is 16.1. The first kappa shape index (κ1) is 27.4. The number of hydrogen-bond donors (Lipinski definition) is 3. The van der Waals surface area contributed by atoms with Crippen LogP contribution in [-0.2, 0) is 0 Å². The Labute approximate surface area is 273 Å². The van der Waals surface area contributed by atoms with Crippen molar-refractivity contribution < 1.29 is 4.74 Å². The van der Waals surface area contributed by atoms with E-state index in [1.54, 1.807) is 0 Å². The van der Waals surface area contributed by atoms with Crippen LogP contribution in [0.5, 0.6) is 5.75 Å². The van der Waals surface area contributed by atoms with E-state index in [1.165, 1.54) is 11.1 Å². The Morgan fingerprint density at radius 1 is 0.511 bits per heavy atom. The fourth-order valence-electron chi connectivity index (χ4n) is 6.75. The maximum atomic E-state index is 6.62. The summed E-state index contributed by atoms with van der Waals surface area (Å²) < 4.78 is 6.62. The molecule has 3 atom stereocenters. The molecule has 2 aliphatic rings. The number of nitrogens with one attached hydrogen (secondary N) is 3. The van der Waals surface area contributed by atoms with Gasteiger partial charge in [-0.1, -0.05) is 146 Å². The van der Waals surface area contributed by atoms with Crippen molar-refractivity contribution in [2.75, 3.05) is 5.32 Å². The van der Waals surface area contributed by atoms with Crippen molar-refractivity contribution in [2.24, 2.45) is 4.99 Å². The van der Waals surface area contributed by atoms with E-state index < -0.39 is 0 Å². The van der Waals surface area contributed by atoms with E-state index >= 15 is 0 Å². The number of benzene rings is 7. The standard InChI is InChI=1S/C42H32N4O/c1-4-10-27(11-5-1)28-16-21-32(22-17-28)40-44-39(31-12-6-2-7-13-31)45-41(46-40)34-23-19-29-18-20-30-24-25-36-38(37(30)35(29)26-34)47-42(43-36)33-14-8-3-9-15-33/h1-26,39-40,42-44H,(H,45,46). The van der Waals surface area contributed by atoms with Gasteiger partial charge in [-0.2, -0.15) is 0 Å². The molecule has 5 nitrogen and oxygen atoms in total. The van der Waals surface area contributed by atoms with E-state index in [-0.39, 0.29) is 18.6 Å². The largest absolute Gasteiger partial charge is 0.464 e. The lowest BCUT2D eigenvalue weighted by atomic mass is 9.97. The maximum absolute atomic E-state index is 6.62. The molecule has 3 unspecified atom stereocenters. The van der Waals surface area contributed by atoms with Crippen LogP contribution in [0.1, 0.15) is 40.8 Å². The van der Waals surface area contributed by atoms with E-state index in [1.807, 2.05) is 30.3 Å². The Hall–Kier alpha value is -5.91. The number of hydrogen-bond acceptors (Lipinski definition) is 5. The highest BCUT2D eigenvalue weighted by Crippen LogP contribution is 2.45. The van der Waals surface area contributed by atoms with Crippen LogP contribution < -0.4 is 20.7 Å². The summed E-state index contributed by atoms with van der Waals surface area (Å²) in [6.07, 6.45) is -0.576. The molecule has 0 fully saturated rings. The van der Waals surface area contributed by atoms with Crippen molar-refractivity contribution in [1.82, 2.24) is 10.6 Å². The molecule has 0 radical (unpaired) electrons. The molecule has 0 spiro atoms. The molecule has 0 aliphatic carbocycles. The first-order valence-electron chi connectivity index (χ1n) is 16.1. The Kier molecular flexibility index (Phi) is 6.69. The SMILES string of the molecule is c1ccc(-c2ccc(C3NC(c4ccc5ccc6ccc7c(c6c5c4)OC(c4ccccc4)N7)=NC(c4ccccc4)N3)cc2)cc1. The van der Waals surface area contributed by atoms with Crippen molar-refractivity contribution in [1.29, 1.82) is 0 Å². The number of ether oxygens (including phenoxy) is 1. The topological polar surface area (TPSA) is 57.7 Å². The van der Waals surface area contributed by atoms with Gasteiger partial charge < -0.3 is 15.4 Å². The zero-order valence-electron chi connectivity index (χ0n) is 25.6. The second-order valence-electron chi connectivity index (χ2n) is 12.1. The number of amidine groups is 1. The smallest absolute Gasteiger partial charge is 0.196 e. The molecule has 2 heterocycles. The highest BCUT2D eigenvalue weighted by atomic mass is 16.5. The zero-order chi connectivity index (χ0) is 31.2. The lowest BCUT2D eigenvalue weighted by molar-refractivity contribution is 0.263. The van der Waals surface area contributed by atoms with Gasteiger partial charge in [0.25, 0.3) is 0 Å². The first-order chi connectivity index (χ1) is 23.3. The summed E-state index contributed by atoms with van der Waals surface area (Å²) in [5, 5.41) is 15.6. The summed E-state index contributed by atoms with van der Waals surface area (Å²) >= 11 is 0. The number of rotatable bonds is 5. The molecular formula is C42H32N4O. The van der Waals surface area contributed by atoms with E-state index in [0.29, 0.717) is 0 Å². The van der Waals surface area contributed by atoms with Crippen molar-refractivity contribution in [3.63, 3.8) is 0 Å². The minimum absolute atomic E-state index is 0.135. The minimum Gasteiger partial charge on any atom is -0.464 e. The van der Waals surface area contributed by atoms with Crippen LogP contribution >= 0.6 is 0 Å². The number of aliphatic imine (C=N–C) groups is 1. The van der Waals surface area contributed by atoms with Crippen LogP contribution in [0.15, 0.2) is 163 Å². The Bertz CT molecular complexity index is 2250. The van der Waals surface area contributed by atoms with Gasteiger partial charge in [-0.3, -0.25) is 5.32 Å². The van der Waals surface area contributed by atoms with Crippen molar-refractivity contribution >= 4 is 33.1 Å². The fourth-order valence-corrected chi connectivity index (χ4v) is 6.75. The average Bonchev–Trinajstić information content (AvgIpc) is 3.60. The molecule has 2 aliphatic heterocycles. The van der Waals surface area contributed by atoms with Gasteiger partial charge in [0.1, 0.15) is 18.2 Å². The van der Waals surface area contributed by atoms with Gasteiger partial charge in [0.15, 0.2) is 12.0 Å². The predicted molar refractivity (Wildman–Crippen MR) is 191 cm³/mol. The van der Waals surface area contributed by atoms with E-state index in [2.05, 4.69) is 143 Å². The maximum Gasteiger partial charge on any atom is 0.196 e. The molecule has 0 bridgehead atoms. The Balaban J connectivity index is 1.12. The molecule has 0 saturated carbocycles. The molecule has 3 N–H and O–H groups in total. The molecule has 7 aromatic carbocycles. The normalized spacial score (nSPS) is 18.6. The average molecular weight is 609 g/mol. The second kappa shape index (κ2) is 11.5. The third kappa shape index (κ3) is 5.07. The monoisotopic (exact) mass is 608 g/mol. The lowest BCUT2D eigenvalue weighted by Crippen LogP contribution is -2.44. The molecule has 0 aromatic heterocycles. The van der Waals surface area contributed by atoms with Gasteiger partial charge in [-0.15, -0.1) is 0 Å². The quantitative estimate of drug-likeness (QED) is 0.170. The van der Waals surface area contributed by atoms with Crippen LogP contribution in [0.25, 0.3) is 32.7 Å². The highest BCUT2D eigenvalue weighted by Gasteiger charge is 2.28. The number of anilines is 1. The zero-order valence-corrected chi connectivity index (χ0v) is 25.6. The van der Waals surface area contributed by atoms with Gasteiger partial charge in [0.2, 0.25) is 0 Å². The van der Waals surface area contributed by atoms with Gasteiger partial charge in [-0.05, 0) is 50.5 Å². The van der Waals surface area contributed by atoms with E-state index in [9.17, 15) is 0 Å². The molecular weight excluding hydrogens is 576 g/mol. The summed E-state index contributed by atoms with van der Waals surface area (Å²) in [7, 11) is 0. The van der Waals surface area contributed by atoms with Crippen LogP contribution in [0.2, 0.25) is 0 Å². The van der Waals surface area contributed by atoms with Gasteiger partial charge in [-0.25, -0.2) is 4.99 Å². The molecule has 9 rings (SSSR count). The van der Waals surface area contributed by atoms with Crippen LogP contribution in [0.3, 0.4) is 0 Å². The lowest BCUT2D eigenvalue weighted by Gasteiger charge is -2.32. The van der Waals surface area contributed by atoms with E-state index in [0.717, 1.165) is 61.1 Å². The fraction of sp³-hybridized carbons (Fsp3) is 0.0714. The Morgan fingerprint density at radius 2 is 1.13 bits per heavy atom. The minimum atomic E-state index is -0.230. The van der Waals surface area contributed by atoms with Crippen molar-refractivity contribution in [3.8, 4) is 16.9 Å². The summed E-state index contributed by atoms with van der Waals surface area (Å²) in [6.45, 7) is 0. The summed E-state index contributed by atoms with van der Waals surface area (Å²) in [6, 6.07) is 55.3.